The fourth-order valence-corrected chi connectivity index (χ4v) is 2.18. The van der Waals surface area contributed by atoms with Gasteiger partial charge in [-0.25, -0.2) is 0 Å². The van der Waals surface area contributed by atoms with Crippen molar-refractivity contribution in [3.63, 3.8) is 0 Å². The van der Waals surface area contributed by atoms with Gasteiger partial charge in [0.2, 0.25) is 0 Å². The highest BCUT2D eigenvalue weighted by Gasteiger charge is 2.17. The van der Waals surface area contributed by atoms with Crippen molar-refractivity contribution in [2.24, 2.45) is 11.7 Å². The van der Waals surface area contributed by atoms with E-state index < -0.39 is 6.10 Å². The summed E-state index contributed by atoms with van der Waals surface area (Å²) < 4.78 is 0. The highest BCUT2D eigenvalue weighted by molar-refractivity contribution is 5.85. The lowest BCUT2D eigenvalue weighted by molar-refractivity contribution is 0.128. The summed E-state index contributed by atoms with van der Waals surface area (Å²) in [6.07, 6.45) is 3.19. The van der Waals surface area contributed by atoms with Crippen molar-refractivity contribution in [2.75, 3.05) is 0 Å². The zero-order valence-electron chi connectivity index (χ0n) is 11.5. The number of fused-ring (bicyclic) bond motifs is 1. The van der Waals surface area contributed by atoms with Gasteiger partial charge in [-0.3, -0.25) is 0 Å². The molecular formula is C15H23ClN2O. The van der Waals surface area contributed by atoms with Gasteiger partial charge in [-0.2, -0.15) is 0 Å². The second-order valence-corrected chi connectivity index (χ2v) is 5.39. The van der Waals surface area contributed by atoms with Crippen molar-refractivity contribution in [3.8, 4) is 0 Å². The number of aliphatic hydroxyl groups is 1. The summed E-state index contributed by atoms with van der Waals surface area (Å²) in [5, 5.41) is 11.3. The van der Waals surface area contributed by atoms with Crippen molar-refractivity contribution < 1.29 is 5.11 Å². The Morgan fingerprint density at radius 3 is 2.63 bits per heavy atom. The van der Waals surface area contributed by atoms with E-state index in [0.29, 0.717) is 5.92 Å². The molecule has 0 aliphatic rings. The van der Waals surface area contributed by atoms with Gasteiger partial charge in [0.15, 0.2) is 0 Å². The van der Waals surface area contributed by atoms with Gasteiger partial charge in [-0.05, 0) is 41.8 Å². The van der Waals surface area contributed by atoms with Crippen LogP contribution in [-0.4, -0.2) is 16.2 Å². The van der Waals surface area contributed by atoms with Gasteiger partial charge in [-0.1, -0.05) is 26.0 Å². The number of rotatable bonds is 5. The summed E-state index contributed by atoms with van der Waals surface area (Å²) in [6.45, 7) is 4.31. The highest BCUT2D eigenvalue weighted by Crippen LogP contribution is 2.22. The average Bonchev–Trinajstić information content (AvgIpc) is 2.81. The Bertz CT molecular complexity index is 510. The molecule has 0 spiro atoms. The van der Waals surface area contributed by atoms with Crippen molar-refractivity contribution in [1.29, 1.82) is 0 Å². The van der Waals surface area contributed by atoms with E-state index >= 15 is 0 Å². The first-order chi connectivity index (χ1) is 8.58. The van der Waals surface area contributed by atoms with Crippen LogP contribution in [0.25, 0.3) is 10.9 Å². The molecule has 1 heterocycles. The number of aromatic nitrogens is 1. The molecule has 0 aliphatic carbocycles. The molecule has 1 aromatic heterocycles. The van der Waals surface area contributed by atoms with Crippen LogP contribution in [0.5, 0.6) is 0 Å². The topological polar surface area (TPSA) is 62.0 Å². The lowest BCUT2D eigenvalue weighted by Gasteiger charge is -2.20. The Hall–Kier alpha value is -1.03. The van der Waals surface area contributed by atoms with Crippen LogP contribution in [0.15, 0.2) is 30.5 Å². The van der Waals surface area contributed by atoms with E-state index in [4.69, 9.17) is 5.73 Å². The Kier molecular flexibility index (Phi) is 5.85. The van der Waals surface area contributed by atoms with Crippen LogP contribution >= 0.6 is 12.4 Å². The fraction of sp³-hybridized carbons (Fsp3) is 0.467. The Balaban J connectivity index is 0.00000180. The number of hydrogen-bond donors (Lipinski definition) is 3. The van der Waals surface area contributed by atoms with E-state index in [9.17, 15) is 5.11 Å². The number of nitrogens with two attached hydrogens (primary N) is 1. The third-order valence-corrected chi connectivity index (χ3v) is 3.42. The lowest BCUT2D eigenvalue weighted by atomic mass is 9.95. The molecule has 2 atom stereocenters. The van der Waals surface area contributed by atoms with Gasteiger partial charge in [0.1, 0.15) is 0 Å². The van der Waals surface area contributed by atoms with Crippen LogP contribution in [-0.2, 0) is 0 Å². The summed E-state index contributed by atoms with van der Waals surface area (Å²) in [7, 11) is 0. The molecular weight excluding hydrogens is 260 g/mol. The minimum Gasteiger partial charge on any atom is -0.391 e. The summed E-state index contributed by atoms with van der Waals surface area (Å²) in [4.78, 5) is 3.17. The van der Waals surface area contributed by atoms with E-state index in [0.717, 1.165) is 23.9 Å². The second-order valence-electron chi connectivity index (χ2n) is 5.39. The number of halogens is 1. The number of aromatic amines is 1. The minimum absolute atomic E-state index is 0. The van der Waals surface area contributed by atoms with Crippen LogP contribution in [0.4, 0.5) is 0 Å². The largest absolute Gasteiger partial charge is 0.391 e. The van der Waals surface area contributed by atoms with Gasteiger partial charge >= 0.3 is 0 Å². The van der Waals surface area contributed by atoms with Gasteiger partial charge in [0.05, 0.1) is 12.1 Å². The molecule has 2 rings (SSSR count). The van der Waals surface area contributed by atoms with Crippen molar-refractivity contribution in [3.05, 3.63) is 36.0 Å². The number of H-pyrrole nitrogens is 1. The molecule has 0 aliphatic heterocycles. The highest BCUT2D eigenvalue weighted by atomic mass is 35.5. The van der Waals surface area contributed by atoms with E-state index in [1.165, 1.54) is 5.39 Å². The van der Waals surface area contributed by atoms with Gasteiger partial charge < -0.3 is 15.8 Å². The molecule has 1 aromatic carbocycles. The molecule has 19 heavy (non-hydrogen) atoms. The maximum atomic E-state index is 10.1. The summed E-state index contributed by atoms with van der Waals surface area (Å²) in [5.74, 6) is 0.595. The van der Waals surface area contributed by atoms with Crippen molar-refractivity contribution in [1.82, 2.24) is 4.98 Å². The van der Waals surface area contributed by atoms with E-state index in [1.807, 2.05) is 30.5 Å². The predicted molar refractivity (Wildman–Crippen MR) is 82.6 cm³/mol. The Labute approximate surface area is 120 Å². The normalized spacial score (nSPS) is 14.4. The molecule has 106 valence electrons. The quantitative estimate of drug-likeness (QED) is 0.787. The smallest absolute Gasteiger partial charge is 0.0732 e. The van der Waals surface area contributed by atoms with Crippen molar-refractivity contribution in [2.45, 2.75) is 38.8 Å². The van der Waals surface area contributed by atoms with Crippen LogP contribution in [0.1, 0.15) is 38.3 Å². The Morgan fingerprint density at radius 1 is 1.21 bits per heavy atom. The number of aliphatic hydroxyl groups excluding tert-OH is 1. The van der Waals surface area contributed by atoms with E-state index in [2.05, 4.69) is 18.8 Å². The lowest BCUT2D eigenvalue weighted by Crippen LogP contribution is -2.26. The first kappa shape index (κ1) is 16.0. The zero-order chi connectivity index (χ0) is 13.1. The predicted octanol–water partition coefficient (Wildman–Crippen LogP) is 3.39. The molecule has 0 fully saturated rings. The van der Waals surface area contributed by atoms with Crippen molar-refractivity contribution >= 4 is 23.3 Å². The Morgan fingerprint density at radius 2 is 1.95 bits per heavy atom. The maximum absolute atomic E-state index is 10.1. The minimum atomic E-state index is -0.472. The molecule has 0 amide bonds. The van der Waals surface area contributed by atoms with Gasteiger partial charge in [-0.15, -0.1) is 12.4 Å². The molecule has 0 radical (unpaired) electrons. The number of hydrogen-bond acceptors (Lipinski definition) is 2. The van der Waals surface area contributed by atoms with Crippen LogP contribution < -0.4 is 5.73 Å². The van der Waals surface area contributed by atoms with Crippen LogP contribution in [0.2, 0.25) is 0 Å². The molecule has 2 aromatic rings. The molecule has 4 heteroatoms. The first-order valence-electron chi connectivity index (χ1n) is 6.58. The van der Waals surface area contributed by atoms with E-state index in [-0.39, 0.29) is 18.4 Å². The van der Waals surface area contributed by atoms with Gasteiger partial charge in [0.25, 0.3) is 0 Å². The number of benzene rings is 1. The van der Waals surface area contributed by atoms with Crippen LogP contribution in [0, 0.1) is 5.92 Å². The first-order valence-corrected chi connectivity index (χ1v) is 6.58. The molecule has 0 bridgehead atoms. The molecule has 0 unspecified atom stereocenters. The monoisotopic (exact) mass is 282 g/mol. The summed E-state index contributed by atoms with van der Waals surface area (Å²) in [5.41, 5.74) is 8.18. The maximum Gasteiger partial charge on any atom is 0.0732 e. The third kappa shape index (κ3) is 3.96. The summed E-state index contributed by atoms with van der Waals surface area (Å²) >= 11 is 0. The fourth-order valence-electron chi connectivity index (χ4n) is 2.18. The van der Waals surface area contributed by atoms with Crippen LogP contribution in [0.3, 0.4) is 0 Å². The number of nitrogens with one attached hydrogen (secondary N) is 1. The third-order valence-electron chi connectivity index (χ3n) is 3.42. The molecule has 3 nitrogen and oxygen atoms in total. The van der Waals surface area contributed by atoms with Gasteiger partial charge in [0, 0.05) is 11.7 Å². The molecule has 4 N–H and O–H groups in total. The zero-order valence-corrected chi connectivity index (χ0v) is 12.3. The SMILES string of the molecule is CC(C)CC[C@H](O)[C@H](N)c1ccc2cc[nH]c2c1.Cl. The average molecular weight is 283 g/mol. The van der Waals surface area contributed by atoms with E-state index in [1.54, 1.807) is 0 Å². The summed E-state index contributed by atoms with van der Waals surface area (Å²) in [6, 6.07) is 7.78. The molecule has 0 saturated heterocycles. The standard InChI is InChI=1S/C15H22N2O.ClH/c1-10(2)3-6-14(18)15(16)12-5-4-11-7-8-17-13(11)9-12;/h4-5,7-10,14-15,17-18H,3,6,16H2,1-2H3;1H/t14-,15+;/m0./s1. The molecule has 0 saturated carbocycles. The second kappa shape index (κ2) is 6.94.